The van der Waals surface area contributed by atoms with Crippen molar-refractivity contribution in [3.05, 3.63) is 47.8 Å². The molecule has 0 atom stereocenters. The molecule has 7 nitrogen and oxygen atoms in total. The van der Waals surface area contributed by atoms with Crippen molar-refractivity contribution in [3.63, 3.8) is 0 Å². The Kier molecular flexibility index (Phi) is 5.46. The molecule has 1 saturated heterocycles. The fourth-order valence-electron chi connectivity index (χ4n) is 5.18. The molecule has 1 N–H and O–H groups in total. The molecule has 0 bridgehead atoms. The number of nitrogens with zero attached hydrogens (tertiary/aromatic N) is 5. The lowest BCUT2D eigenvalue weighted by atomic mass is 10.1. The molecule has 0 radical (unpaired) electrons. The summed E-state index contributed by atoms with van der Waals surface area (Å²) in [4.78, 5) is 22.4. The summed E-state index contributed by atoms with van der Waals surface area (Å²) in [5.74, 6) is 0.741. The van der Waals surface area contributed by atoms with Crippen LogP contribution in [0.3, 0.4) is 0 Å². The number of rotatable bonds is 5. The molecule has 0 spiro atoms. The van der Waals surface area contributed by atoms with Gasteiger partial charge in [-0.15, -0.1) is 0 Å². The fourth-order valence-corrected chi connectivity index (χ4v) is 5.18. The highest BCUT2D eigenvalue weighted by atomic mass is 16.1. The number of carbonyl (C=O) groups is 1. The van der Waals surface area contributed by atoms with E-state index in [0.717, 1.165) is 67.0 Å². The SMILES string of the molecule is CC(=O)c1c(C)n(C2CCCC2)c2nc(N(c3ccccc3)N3CCNCC3)ncc12. The number of carbonyl (C=O) groups excluding carboxylic acids is 1. The standard InChI is InChI=1S/C24H30N6O/c1-17-22(18(2)31)21-16-26-24(27-23(21)29(17)19-8-6-7-9-19)30(20-10-4-3-5-11-20)28-14-12-25-13-15-28/h3-5,10-11,16,19,25H,6-9,12-15H2,1-2H3. The molecule has 3 aromatic rings. The van der Waals surface area contributed by atoms with E-state index < -0.39 is 0 Å². The Bertz CT molecular complexity index is 1080. The van der Waals surface area contributed by atoms with Gasteiger partial charge in [0.25, 0.3) is 0 Å². The largest absolute Gasteiger partial charge is 0.326 e. The highest BCUT2D eigenvalue weighted by Gasteiger charge is 2.28. The highest BCUT2D eigenvalue weighted by Crippen LogP contribution is 2.37. The molecule has 1 aromatic carbocycles. The number of benzene rings is 1. The summed E-state index contributed by atoms with van der Waals surface area (Å²) >= 11 is 0. The second kappa shape index (κ2) is 8.40. The van der Waals surface area contributed by atoms with Gasteiger partial charge >= 0.3 is 0 Å². The van der Waals surface area contributed by atoms with Gasteiger partial charge in [0, 0.05) is 55.1 Å². The van der Waals surface area contributed by atoms with Gasteiger partial charge in [-0.25, -0.2) is 15.0 Å². The monoisotopic (exact) mass is 418 g/mol. The second-order valence-corrected chi connectivity index (χ2v) is 8.58. The van der Waals surface area contributed by atoms with Gasteiger partial charge in [0.2, 0.25) is 5.95 Å². The Morgan fingerprint density at radius 3 is 2.52 bits per heavy atom. The van der Waals surface area contributed by atoms with Crippen molar-refractivity contribution in [2.45, 2.75) is 45.6 Å². The van der Waals surface area contributed by atoms with Crippen molar-refractivity contribution in [1.82, 2.24) is 24.9 Å². The van der Waals surface area contributed by atoms with Crippen LogP contribution >= 0.6 is 0 Å². The Hall–Kier alpha value is -2.77. The van der Waals surface area contributed by atoms with Crippen LogP contribution in [0.2, 0.25) is 0 Å². The van der Waals surface area contributed by atoms with E-state index >= 15 is 0 Å². The van der Waals surface area contributed by atoms with Crippen molar-refractivity contribution >= 4 is 28.5 Å². The van der Waals surface area contributed by atoms with Gasteiger partial charge in [-0.3, -0.25) is 4.79 Å². The highest BCUT2D eigenvalue weighted by molar-refractivity contribution is 6.07. The van der Waals surface area contributed by atoms with Crippen LogP contribution in [0.4, 0.5) is 11.6 Å². The van der Waals surface area contributed by atoms with Gasteiger partial charge in [-0.1, -0.05) is 31.0 Å². The summed E-state index contributed by atoms with van der Waals surface area (Å²) in [6.45, 7) is 7.33. The Labute approximate surface area is 183 Å². The number of ketones is 1. The van der Waals surface area contributed by atoms with Crippen molar-refractivity contribution in [3.8, 4) is 0 Å². The third-order valence-corrected chi connectivity index (χ3v) is 6.58. The summed E-state index contributed by atoms with van der Waals surface area (Å²) in [5.41, 5.74) is 3.72. The van der Waals surface area contributed by atoms with E-state index in [0.29, 0.717) is 12.0 Å². The minimum atomic E-state index is 0.0811. The number of anilines is 2. The molecule has 2 aromatic heterocycles. The van der Waals surface area contributed by atoms with E-state index in [9.17, 15) is 4.79 Å². The maximum Gasteiger partial charge on any atom is 0.247 e. The lowest BCUT2D eigenvalue weighted by Crippen LogP contribution is -2.51. The van der Waals surface area contributed by atoms with Crippen LogP contribution in [-0.4, -0.2) is 51.5 Å². The normalized spacial score (nSPS) is 18.0. The summed E-state index contributed by atoms with van der Waals surface area (Å²) in [6.07, 6.45) is 6.59. The number of aromatic nitrogens is 3. The molecule has 2 aliphatic rings. The average molecular weight is 419 g/mol. The Morgan fingerprint density at radius 1 is 1.13 bits per heavy atom. The molecular weight excluding hydrogens is 388 g/mol. The van der Waals surface area contributed by atoms with E-state index in [1.165, 1.54) is 12.8 Å². The topological polar surface area (TPSA) is 66.3 Å². The molecule has 162 valence electrons. The lowest BCUT2D eigenvalue weighted by molar-refractivity contribution is 0.101. The fraction of sp³-hybridized carbons (Fsp3) is 0.458. The number of nitrogens with one attached hydrogen (secondary N) is 1. The van der Waals surface area contributed by atoms with Gasteiger partial charge in [-0.2, -0.15) is 4.98 Å². The van der Waals surface area contributed by atoms with Gasteiger partial charge < -0.3 is 9.88 Å². The van der Waals surface area contributed by atoms with Crippen molar-refractivity contribution < 1.29 is 4.79 Å². The number of hydrogen-bond acceptors (Lipinski definition) is 6. The summed E-state index contributed by atoms with van der Waals surface area (Å²) in [6, 6.07) is 10.7. The number of hydrazine groups is 1. The van der Waals surface area contributed by atoms with Crippen LogP contribution in [0.25, 0.3) is 11.0 Å². The number of hydrogen-bond donors (Lipinski definition) is 1. The number of piperazine rings is 1. The van der Waals surface area contributed by atoms with E-state index in [1.807, 2.05) is 24.4 Å². The van der Waals surface area contributed by atoms with Crippen LogP contribution in [-0.2, 0) is 0 Å². The summed E-state index contributed by atoms with van der Waals surface area (Å²) < 4.78 is 2.31. The molecule has 3 heterocycles. The van der Waals surface area contributed by atoms with Crippen molar-refractivity contribution in [1.29, 1.82) is 0 Å². The number of para-hydroxylation sites is 1. The molecule has 1 saturated carbocycles. The van der Waals surface area contributed by atoms with Crippen LogP contribution in [0.15, 0.2) is 36.5 Å². The quantitative estimate of drug-likeness (QED) is 0.632. The lowest BCUT2D eigenvalue weighted by Gasteiger charge is -2.37. The first-order valence-corrected chi connectivity index (χ1v) is 11.3. The maximum atomic E-state index is 12.5. The molecule has 1 aliphatic heterocycles. The third kappa shape index (κ3) is 3.62. The Balaban J connectivity index is 1.68. The second-order valence-electron chi connectivity index (χ2n) is 8.58. The smallest absolute Gasteiger partial charge is 0.247 e. The minimum Gasteiger partial charge on any atom is -0.326 e. The molecule has 1 aliphatic carbocycles. The van der Waals surface area contributed by atoms with E-state index in [2.05, 4.69) is 39.0 Å². The summed E-state index contributed by atoms with van der Waals surface area (Å²) in [7, 11) is 0. The van der Waals surface area contributed by atoms with E-state index in [4.69, 9.17) is 9.97 Å². The molecule has 0 unspecified atom stereocenters. The summed E-state index contributed by atoms with van der Waals surface area (Å²) in [5, 5.41) is 8.72. The van der Waals surface area contributed by atoms with E-state index in [-0.39, 0.29) is 5.78 Å². The number of Topliss-reactive ketones (excluding diaryl/α,β-unsaturated/α-hetero) is 1. The van der Waals surface area contributed by atoms with E-state index in [1.54, 1.807) is 6.92 Å². The van der Waals surface area contributed by atoms with Crippen molar-refractivity contribution in [2.24, 2.45) is 0 Å². The first kappa shape index (κ1) is 20.2. The molecule has 2 fully saturated rings. The molecule has 0 amide bonds. The van der Waals surface area contributed by atoms with Crippen LogP contribution in [0.1, 0.15) is 54.7 Å². The van der Waals surface area contributed by atoms with Gasteiger partial charge in [0.1, 0.15) is 5.65 Å². The first-order chi connectivity index (χ1) is 15.1. The predicted octanol–water partition coefficient (Wildman–Crippen LogP) is 4.02. The van der Waals surface area contributed by atoms with Gasteiger partial charge in [0.15, 0.2) is 5.78 Å². The zero-order chi connectivity index (χ0) is 21.4. The van der Waals surface area contributed by atoms with Gasteiger partial charge in [0.05, 0.1) is 5.69 Å². The van der Waals surface area contributed by atoms with Crippen molar-refractivity contribution in [2.75, 3.05) is 31.2 Å². The molecular formula is C24H30N6O. The van der Waals surface area contributed by atoms with Crippen LogP contribution in [0, 0.1) is 6.92 Å². The number of fused-ring (bicyclic) bond motifs is 1. The predicted molar refractivity (Wildman–Crippen MR) is 123 cm³/mol. The zero-order valence-corrected chi connectivity index (χ0v) is 18.3. The first-order valence-electron chi connectivity index (χ1n) is 11.3. The minimum absolute atomic E-state index is 0.0811. The maximum absolute atomic E-state index is 12.5. The molecule has 7 heteroatoms. The van der Waals surface area contributed by atoms with Crippen LogP contribution in [0.5, 0.6) is 0 Å². The third-order valence-electron chi connectivity index (χ3n) is 6.58. The van der Waals surface area contributed by atoms with Gasteiger partial charge in [-0.05, 0) is 38.8 Å². The molecule has 5 rings (SSSR count). The average Bonchev–Trinajstić information content (AvgIpc) is 3.40. The van der Waals surface area contributed by atoms with Crippen LogP contribution < -0.4 is 10.3 Å². The zero-order valence-electron chi connectivity index (χ0n) is 18.3. The Morgan fingerprint density at radius 2 is 1.84 bits per heavy atom. The molecule has 31 heavy (non-hydrogen) atoms.